The summed E-state index contributed by atoms with van der Waals surface area (Å²) in [6, 6.07) is 9.92. The zero-order valence-electron chi connectivity index (χ0n) is 14.3. The molecule has 130 valence electrons. The summed E-state index contributed by atoms with van der Waals surface area (Å²) in [6.45, 7) is 5.87. The van der Waals surface area contributed by atoms with Crippen molar-refractivity contribution in [2.45, 2.75) is 31.8 Å². The van der Waals surface area contributed by atoms with Gasteiger partial charge in [0.25, 0.3) is 0 Å². The molecule has 1 aromatic carbocycles. The number of aryl methyl sites for hydroxylation is 2. The topological polar surface area (TPSA) is 68.0 Å². The van der Waals surface area contributed by atoms with E-state index in [-0.39, 0.29) is 11.2 Å². The van der Waals surface area contributed by atoms with Crippen LogP contribution in [-0.2, 0) is 10.5 Å². The van der Waals surface area contributed by atoms with Gasteiger partial charge in [-0.3, -0.25) is 4.79 Å². The lowest BCUT2D eigenvalue weighted by Crippen LogP contribution is -2.23. The molecular weight excluding hydrogens is 354 g/mol. The van der Waals surface area contributed by atoms with E-state index in [1.165, 1.54) is 11.8 Å². The fraction of sp³-hybridized carbons (Fsp3) is 0.278. The zero-order valence-corrected chi connectivity index (χ0v) is 15.9. The Bertz CT molecular complexity index is 859. The fourth-order valence-electron chi connectivity index (χ4n) is 2.20. The lowest BCUT2D eigenvalue weighted by atomic mass is 10.1. The largest absolute Gasteiger partial charge is 0.338 e. The molecule has 1 N–H and O–H groups in total. The first-order chi connectivity index (χ1) is 12.0. The highest BCUT2D eigenvalue weighted by Gasteiger charge is 2.17. The second kappa shape index (κ2) is 7.84. The van der Waals surface area contributed by atoms with Gasteiger partial charge < -0.3 is 9.84 Å². The van der Waals surface area contributed by atoms with E-state index >= 15 is 0 Å². The summed E-state index contributed by atoms with van der Waals surface area (Å²) in [4.78, 5) is 17.7. The number of hydrogen-bond donors (Lipinski definition) is 1. The first-order valence-electron chi connectivity index (χ1n) is 7.89. The second-order valence-corrected chi connectivity index (χ2v) is 8.03. The van der Waals surface area contributed by atoms with Crippen LogP contribution in [0.4, 0.5) is 5.69 Å². The molecule has 0 aliphatic heterocycles. The van der Waals surface area contributed by atoms with Gasteiger partial charge in [0.15, 0.2) is 0 Å². The molecule has 0 unspecified atom stereocenters. The van der Waals surface area contributed by atoms with Crippen LogP contribution in [0, 0.1) is 13.8 Å². The van der Waals surface area contributed by atoms with Crippen molar-refractivity contribution >= 4 is 34.7 Å². The van der Waals surface area contributed by atoms with Gasteiger partial charge in [0.1, 0.15) is 0 Å². The van der Waals surface area contributed by atoms with Gasteiger partial charge in [-0.05, 0) is 49.4 Å². The normalized spacial score (nSPS) is 12.1. The number of hydrogen-bond acceptors (Lipinski definition) is 6. The van der Waals surface area contributed by atoms with Gasteiger partial charge in [0.2, 0.25) is 17.6 Å². The molecule has 0 saturated heterocycles. The van der Waals surface area contributed by atoms with Crippen LogP contribution in [0.3, 0.4) is 0 Å². The van der Waals surface area contributed by atoms with Gasteiger partial charge in [-0.15, -0.1) is 23.1 Å². The predicted octanol–water partition coefficient (Wildman–Crippen LogP) is 4.68. The van der Waals surface area contributed by atoms with E-state index in [2.05, 4.69) is 15.5 Å². The minimum atomic E-state index is -0.225. The summed E-state index contributed by atoms with van der Waals surface area (Å²) in [5.74, 6) is 1.59. The van der Waals surface area contributed by atoms with Crippen molar-refractivity contribution in [2.24, 2.45) is 0 Å². The Kier molecular flexibility index (Phi) is 5.55. The number of anilines is 1. The summed E-state index contributed by atoms with van der Waals surface area (Å²) >= 11 is 3.04. The average molecular weight is 374 g/mol. The SMILES string of the molecule is Cc1ccc(C)c(NC(=O)[C@@H](C)SCc2nc(-c3cccs3)no2)c1. The standard InChI is InChI=1S/C18H19N3O2S2/c1-11-6-7-12(2)14(9-11)19-18(22)13(3)25-10-16-20-17(21-23-16)15-5-4-8-24-15/h4-9,13H,10H2,1-3H3,(H,19,22)/t13-/m1/s1. The number of rotatable bonds is 6. The summed E-state index contributed by atoms with van der Waals surface area (Å²) in [6.07, 6.45) is 0. The Morgan fingerprint density at radius 1 is 1.36 bits per heavy atom. The first kappa shape index (κ1) is 17.7. The fourth-order valence-corrected chi connectivity index (χ4v) is 3.57. The maximum absolute atomic E-state index is 12.4. The van der Waals surface area contributed by atoms with Crippen LogP contribution in [0.2, 0.25) is 0 Å². The number of amides is 1. The van der Waals surface area contributed by atoms with Crippen LogP contribution in [0.5, 0.6) is 0 Å². The highest BCUT2D eigenvalue weighted by molar-refractivity contribution is 7.99. The van der Waals surface area contributed by atoms with E-state index in [1.54, 1.807) is 11.3 Å². The predicted molar refractivity (Wildman–Crippen MR) is 103 cm³/mol. The number of thioether (sulfide) groups is 1. The molecule has 25 heavy (non-hydrogen) atoms. The first-order valence-corrected chi connectivity index (χ1v) is 9.82. The van der Waals surface area contributed by atoms with Crippen molar-refractivity contribution in [3.63, 3.8) is 0 Å². The molecule has 0 saturated carbocycles. The van der Waals surface area contributed by atoms with Gasteiger partial charge in [-0.1, -0.05) is 23.4 Å². The van der Waals surface area contributed by atoms with Gasteiger partial charge in [0, 0.05) is 5.69 Å². The van der Waals surface area contributed by atoms with Crippen molar-refractivity contribution < 1.29 is 9.32 Å². The minimum absolute atomic E-state index is 0.0308. The maximum Gasteiger partial charge on any atom is 0.237 e. The molecule has 0 aliphatic rings. The molecule has 0 aliphatic carbocycles. The van der Waals surface area contributed by atoms with Gasteiger partial charge in [0.05, 0.1) is 15.9 Å². The van der Waals surface area contributed by atoms with Crippen LogP contribution in [0.15, 0.2) is 40.2 Å². The third-order valence-corrected chi connectivity index (χ3v) is 5.68. The smallest absolute Gasteiger partial charge is 0.237 e. The number of benzene rings is 1. The average Bonchev–Trinajstić information content (AvgIpc) is 3.26. The quantitative estimate of drug-likeness (QED) is 0.680. The van der Waals surface area contributed by atoms with E-state index in [4.69, 9.17) is 4.52 Å². The van der Waals surface area contributed by atoms with E-state index < -0.39 is 0 Å². The van der Waals surface area contributed by atoms with Crippen molar-refractivity contribution in [2.75, 3.05) is 5.32 Å². The number of nitrogens with one attached hydrogen (secondary N) is 1. The summed E-state index contributed by atoms with van der Waals surface area (Å²) in [5.41, 5.74) is 3.03. The van der Waals surface area contributed by atoms with E-state index in [1.807, 2.05) is 56.5 Å². The molecule has 3 aromatic rings. The molecule has 2 aromatic heterocycles. The van der Waals surface area contributed by atoms with Crippen LogP contribution in [0.1, 0.15) is 23.9 Å². The molecule has 1 amide bonds. The van der Waals surface area contributed by atoms with Crippen molar-refractivity contribution in [1.29, 1.82) is 0 Å². The number of carbonyl (C=O) groups excluding carboxylic acids is 1. The van der Waals surface area contributed by atoms with Crippen molar-refractivity contribution in [3.05, 3.63) is 52.7 Å². The Morgan fingerprint density at radius 3 is 2.96 bits per heavy atom. The molecule has 0 radical (unpaired) electrons. The molecule has 1 atom stereocenters. The molecule has 0 spiro atoms. The Balaban J connectivity index is 1.56. The molecule has 0 fully saturated rings. The summed E-state index contributed by atoms with van der Waals surface area (Å²) in [7, 11) is 0. The highest BCUT2D eigenvalue weighted by Crippen LogP contribution is 2.24. The zero-order chi connectivity index (χ0) is 17.8. The number of nitrogens with zero attached hydrogens (tertiary/aromatic N) is 2. The number of aromatic nitrogens is 2. The highest BCUT2D eigenvalue weighted by atomic mass is 32.2. The number of thiophene rings is 1. The lowest BCUT2D eigenvalue weighted by molar-refractivity contribution is -0.115. The lowest BCUT2D eigenvalue weighted by Gasteiger charge is -2.13. The van der Waals surface area contributed by atoms with Crippen LogP contribution >= 0.6 is 23.1 Å². The molecule has 5 nitrogen and oxygen atoms in total. The summed E-state index contributed by atoms with van der Waals surface area (Å²) in [5, 5.41) is 8.72. The van der Waals surface area contributed by atoms with E-state index in [0.717, 1.165) is 21.7 Å². The van der Waals surface area contributed by atoms with Gasteiger partial charge in [-0.25, -0.2) is 0 Å². The van der Waals surface area contributed by atoms with Gasteiger partial charge >= 0.3 is 0 Å². The molecule has 3 rings (SSSR count). The van der Waals surface area contributed by atoms with Crippen LogP contribution < -0.4 is 5.32 Å². The van der Waals surface area contributed by atoms with Crippen molar-refractivity contribution in [1.82, 2.24) is 10.1 Å². The van der Waals surface area contributed by atoms with E-state index in [0.29, 0.717) is 17.5 Å². The van der Waals surface area contributed by atoms with Crippen LogP contribution in [0.25, 0.3) is 10.7 Å². The second-order valence-electron chi connectivity index (χ2n) is 5.75. The third-order valence-electron chi connectivity index (χ3n) is 3.69. The van der Waals surface area contributed by atoms with E-state index in [9.17, 15) is 4.79 Å². The van der Waals surface area contributed by atoms with Crippen molar-refractivity contribution in [3.8, 4) is 10.7 Å². The Hall–Kier alpha value is -2.12. The monoisotopic (exact) mass is 373 g/mol. The van der Waals surface area contributed by atoms with Crippen LogP contribution in [-0.4, -0.2) is 21.3 Å². The summed E-state index contributed by atoms with van der Waals surface area (Å²) < 4.78 is 5.26. The maximum atomic E-state index is 12.4. The molecular formula is C18H19N3O2S2. The molecule has 7 heteroatoms. The molecule has 0 bridgehead atoms. The number of carbonyl (C=O) groups is 1. The minimum Gasteiger partial charge on any atom is -0.338 e. The Morgan fingerprint density at radius 2 is 2.20 bits per heavy atom. The Labute approximate surface area is 154 Å². The third kappa shape index (κ3) is 4.49. The van der Waals surface area contributed by atoms with Gasteiger partial charge in [-0.2, -0.15) is 4.98 Å². The molecule has 2 heterocycles.